The van der Waals surface area contributed by atoms with Crippen LogP contribution in [0.25, 0.3) is 10.9 Å². The zero-order valence-electron chi connectivity index (χ0n) is 11.6. The quantitative estimate of drug-likeness (QED) is 0.734. The molecule has 0 aliphatic heterocycles. The second-order valence-corrected chi connectivity index (χ2v) is 5.03. The third-order valence-corrected chi connectivity index (χ3v) is 3.42. The first-order valence-corrected chi connectivity index (χ1v) is 7.07. The molecule has 1 aromatic heterocycles. The summed E-state index contributed by atoms with van der Waals surface area (Å²) in [5, 5.41) is 4.86. The standard InChI is InChI=1S/C16H24N2/c1-3-4-5-9-17-10-12-18-11-8-15-7-6-14(2)13-16(15)18/h6-8,11,13,17H,3-5,9-10,12H2,1-2H3. The number of aromatic nitrogens is 1. The van der Waals surface area contributed by atoms with Crippen LogP contribution in [0.4, 0.5) is 0 Å². The molecule has 0 aliphatic rings. The van der Waals surface area contributed by atoms with Crippen LogP contribution in [0.15, 0.2) is 30.5 Å². The Labute approximate surface area is 110 Å². The Bertz CT molecular complexity index is 485. The molecule has 2 nitrogen and oxygen atoms in total. The molecule has 0 unspecified atom stereocenters. The second-order valence-electron chi connectivity index (χ2n) is 5.03. The van der Waals surface area contributed by atoms with Gasteiger partial charge in [0.05, 0.1) is 0 Å². The lowest BCUT2D eigenvalue weighted by Gasteiger charge is -2.07. The molecule has 1 heterocycles. The Morgan fingerprint density at radius 1 is 1.11 bits per heavy atom. The summed E-state index contributed by atoms with van der Waals surface area (Å²) in [5.41, 5.74) is 2.68. The van der Waals surface area contributed by atoms with Crippen molar-refractivity contribution in [2.24, 2.45) is 0 Å². The molecule has 0 spiro atoms. The Kier molecular flexibility index (Phi) is 4.82. The lowest BCUT2D eigenvalue weighted by atomic mass is 10.2. The molecule has 0 bridgehead atoms. The van der Waals surface area contributed by atoms with Crippen molar-refractivity contribution in [2.45, 2.75) is 39.7 Å². The van der Waals surface area contributed by atoms with Gasteiger partial charge in [0.15, 0.2) is 0 Å². The SMILES string of the molecule is CCCCCNCCn1ccc2ccc(C)cc21. The van der Waals surface area contributed by atoms with Crippen molar-refractivity contribution in [2.75, 3.05) is 13.1 Å². The lowest BCUT2D eigenvalue weighted by molar-refractivity contribution is 0.576. The fourth-order valence-corrected chi connectivity index (χ4v) is 2.31. The molecular weight excluding hydrogens is 220 g/mol. The normalized spacial score (nSPS) is 11.2. The van der Waals surface area contributed by atoms with E-state index < -0.39 is 0 Å². The van der Waals surface area contributed by atoms with Crippen LogP contribution >= 0.6 is 0 Å². The number of aryl methyl sites for hydroxylation is 1. The van der Waals surface area contributed by atoms with Gasteiger partial charge in [-0.1, -0.05) is 31.9 Å². The van der Waals surface area contributed by atoms with Crippen molar-refractivity contribution >= 4 is 10.9 Å². The molecule has 98 valence electrons. The molecule has 0 aliphatic carbocycles. The van der Waals surface area contributed by atoms with E-state index in [2.05, 4.69) is 54.2 Å². The Morgan fingerprint density at radius 2 is 2.00 bits per heavy atom. The summed E-state index contributed by atoms with van der Waals surface area (Å²) in [6.07, 6.45) is 6.11. The highest BCUT2D eigenvalue weighted by atomic mass is 15.0. The van der Waals surface area contributed by atoms with Crippen LogP contribution in [-0.4, -0.2) is 17.7 Å². The second kappa shape index (κ2) is 6.60. The predicted octanol–water partition coefficient (Wildman–Crippen LogP) is 3.73. The van der Waals surface area contributed by atoms with E-state index in [9.17, 15) is 0 Å². The molecule has 0 radical (unpaired) electrons. The molecule has 0 atom stereocenters. The van der Waals surface area contributed by atoms with Gasteiger partial charge in [-0.05, 0) is 43.0 Å². The van der Waals surface area contributed by atoms with E-state index in [1.165, 1.54) is 35.7 Å². The van der Waals surface area contributed by atoms with E-state index in [0.717, 1.165) is 19.6 Å². The van der Waals surface area contributed by atoms with Crippen LogP contribution < -0.4 is 5.32 Å². The number of unbranched alkanes of at least 4 members (excludes halogenated alkanes) is 2. The average Bonchev–Trinajstić information content (AvgIpc) is 2.76. The largest absolute Gasteiger partial charge is 0.346 e. The zero-order valence-corrected chi connectivity index (χ0v) is 11.6. The third kappa shape index (κ3) is 3.36. The van der Waals surface area contributed by atoms with Crippen LogP contribution in [0.1, 0.15) is 31.7 Å². The van der Waals surface area contributed by atoms with E-state index >= 15 is 0 Å². The summed E-state index contributed by atoms with van der Waals surface area (Å²) in [6, 6.07) is 8.85. The summed E-state index contributed by atoms with van der Waals surface area (Å²) < 4.78 is 2.34. The first-order chi connectivity index (χ1) is 8.81. The van der Waals surface area contributed by atoms with Crippen molar-refractivity contribution in [3.63, 3.8) is 0 Å². The highest BCUT2D eigenvalue weighted by Gasteiger charge is 2.00. The van der Waals surface area contributed by atoms with Gasteiger partial charge >= 0.3 is 0 Å². The van der Waals surface area contributed by atoms with Crippen LogP contribution in [0, 0.1) is 6.92 Å². The predicted molar refractivity (Wildman–Crippen MR) is 79.1 cm³/mol. The van der Waals surface area contributed by atoms with Gasteiger partial charge in [0.2, 0.25) is 0 Å². The Hall–Kier alpha value is -1.28. The van der Waals surface area contributed by atoms with Crippen molar-refractivity contribution in [3.05, 3.63) is 36.0 Å². The number of nitrogens with zero attached hydrogens (tertiary/aromatic N) is 1. The maximum atomic E-state index is 3.52. The number of benzene rings is 1. The van der Waals surface area contributed by atoms with E-state index in [-0.39, 0.29) is 0 Å². The van der Waals surface area contributed by atoms with Crippen LogP contribution in [0.5, 0.6) is 0 Å². The van der Waals surface area contributed by atoms with E-state index in [0.29, 0.717) is 0 Å². The maximum absolute atomic E-state index is 3.52. The topological polar surface area (TPSA) is 17.0 Å². The summed E-state index contributed by atoms with van der Waals surface area (Å²) >= 11 is 0. The van der Waals surface area contributed by atoms with Crippen LogP contribution in [0.2, 0.25) is 0 Å². The zero-order chi connectivity index (χ0) is 12.8. The highest BCUT2D eigenvalue weighted by molar-refractivity contribution is 5.80. The van der Waals surface area contributed by atoms with Gasteiger partial charge < -0.3 is 9.88 Å². The molecule has 1 N–H and O–H groups in total. The Morgan fingerprint density at radius 3 is 2.83 bits per heavy atom. The van der Waals surface area contributed by atoms with E-state index in [4.69, 9.17) is 0 Å². The average molecular weight is 244 g/mol. The minimum atomic E-state index is 1.05. The first-order valence-electron chi connectivity index (χ1n) is 7.07. The third-order valence-electron chi connectivity index (χ3n) is 3.42. The lowest BCUT2D eigenvalue weighted by Crippen LogP contribution is -2.20. The molecule has 0 amide bonds. The fourth-order valence-electron chi connectivity index (χ4n) is 2.31. The molecule has 2 heteroatoms. The number of fused-ring (bicyclic) bond motifs is 1. The van der Waals surface area contributed by atoms with Crippen molar-refractivity contribution in [1.82, 2.24) is 9.88 Å². The van der Waals surface area contributed by atoms with Crippen LogP contribution in [-0.2, 0) is 6.54 Å². The summed E-state index contributed by atoms with van der Waals surface area (Å²) in [4.78, 5) is 0. The molecular formula is C16H24N2. The van der Waals surface area contributed by atoms with Gasteiger partial charge in [-0.25, -0.2) is 0 Å². The van der Waals surface area contributed by atoms with E-state index in [1.54, 1.807) is 0 Å². The van der Waals surface area contributed by atoms with Gasteiger partial charge in [0.1, 0.15) is 0 Å². The van der Waals surface area contributed by atoms with Gasteiger partial charge in [-0.15, -0.1) is 0 Å². The summed E-state index contributed by atoms with van der Waals surface area (Å²) in [6.45, 7) is 7.65. The van der Waals surface area contributed by atoms with Crippen molar-refractivity contribution in [3.8, 4) is 0 Å². The van der Waals surface area contributed by atoms with Gasteiger partial charge in [0, 0.05) is 24.8 Å². The molecule has 2 rings (SSSR count). The van der Waals surface area contributed by atoms with Gasteiger partial charge in [-0.2, -0.15) is 0 Å². The Balaban J connectivity index is 1.86. The number of nitrogens with one attached hydrogen (secondary N) is 1. The smallest absolute Gasteiger partial charge is 0.0483 e. The fraction of sp³-hybridized carbons (Fsp3) is 0.500. The molecule has 18 heavy (non-hydrogen) atoms. The number of hydrogen-bond donors (Lipinski definition) is 1. The minimum Gasteiger partial charge on any atom is -0.346 e. The monoisotopic (exact) mass is 244 g/mol. The summed E-state index contributed by atoms with van der Waals surface area (Å²) in [5.74, 6) is 0. The summed E-state index contributed by atoms with van der Waals surface area (Å²) in [7, 11) is 0. The molecule has 0 saturated heterocycles. The molecule has 2 aromatic rings. The minimum absolute atomic E-state index is 1.05. The highest BCUT2D eigenvalue weighted by Crippen LogP contribution is 2.16. The first kappa shape index (κ1) is 13.2. The van der Waals surface area contributed by atoms with Gasteiger partial charge in [0.25, 0.3) is 0 Å². The number of rotatable bonds is 7. The van der Waals surface area contributed by atoms with Crippen LogP contribution in [0.3, 0.4) is 0 Å². The van der Waals surface area contributed by atoms with Crippen molar-refractivity contribution < 1.29 is 0 Å². The molecule has 1 aromatic carbocycles. The number of hydrogen-bond acceptors (Lipinski definition) is 1. The maximum Gasteiger partial charge on any atom is 0.0483 e. The van der Waals surface area contributed by atoms with Gasteiger partial charge in [-0.3, -0.25) is 0 Å². The van der Waals surface area contributed by atoms with Crippen molar-refractivity contribution in [1.29, 1.82) is 0 Å². The van der Waals surface area contributed by atoms with E-state index in [1.807, 2.05) is 0 Å². The molecule has 0 saturated carbocycles. The molecule has 0 fully saturated rings.